The van der Waals surface area contributed by atoms with E-state index in [0.717, 1.165) is 5.56 Å². The van der Waals surface area contributed by atoms with Crippen molar-refractivity contribution in [1.82, 2.24) is 5.32 Å². The first kappa shape index (κ1) is 10.7. The van der Waals surface area contributed by atoms with E-state index in [0.29, 0.717) is 6.42 Å². The van der Waals surface area contributed by atoms with E-state index < -0.39 is 5.91 Å². The second-order valence-corrected chi connectivity index (χ2v) is 4.08. The minimum atomic E-state index is -0.403. The molecule has 1 heterocycles. The SMILES string of the molecule is NC(=O)C1CC(=O)NC1Cc1ccccc1. The van der Waals surface area contributed by atoms with Gasteiger partial charge in [-0.05, 0) is 12.0 Å². The number of nitrogens with two attached hydrogens (primary N) is 1. The molecule has 0 aliphatic carbocycles. The van der Waals surface area contributed by atoms with E-state index in [1.54, 1.807) is 0 Å². The van der Waals surface area contributed by atoms with Gasteiger partial charge in [0.25, 0.3) is 0 Å². The standard InChI is InChI=1S/C12H14N2O2/c13-12(16)9-7-11(15)14-10(9)6-8-4-2-1-3-5-8/h1-5,9-10H,6-7H2,(H2,13,16)(H,14,15). The Labute approximate surface area is 93.8 Å². The number of carbonyl (C=O) groups is 2. The van der Waals surface area contributed by atoms with Crippen LogP contribution in [-0.2, 0) is 16.0 Å². The summed E-state index contributed by atoms with van der Waals surface area (Å²) in [6.45, 7) is 0. The van der Waals surface area contributed by atoms with E-state index in [4.69, 9.17) is 5.73 Å². The second kappa shape index (κ2) is 4.35. The van der Waals surface area contributed by atoms with Crippen molar-refractivity contribution in [3.63, 3.8) is 0 Å². The van der Waals surface area contributed by atoms with E-state index >= 15 is 0 Å². The number of primary amides is 1. The van der Waals surface area contributed by atoms with Crippen LogP contribution >= 0.6 is 0 Å². The first-order valence-corrected chi connectivity index (χ1v) is 5.29. The molecular formula is C12H14N2O2. The molecule has 84 valence electrons. The van der Waals surface area contributed by atoms with Crippen molar-refractivity contribution in [1.29, 1.82) is 0 Å². The molecule has 4 nitrogen and oxygen atoms in total. The fourth-order valence-electron chi connectivity index (χ4n) is 2.07. The van der Waals surface area contributed by atoms with Crippen LogP contribution in [0, 0.1) is 5.92 Å². The number of nitrogens with one attached hydrogen (secondary N) is 1. The summed E-state index contributed by atoms with van der Waals surface area (Å²) in [5, 5.41) is 2.79. The molecule has 4 heteroatoms. The predicted octanol–water partition coefficient (Wildman–Crippen LogP) is 0.219. The lowest BCUT2D eigenvalue weighted by Gasteiger charge is -2.15. The van der Waals surface area contributed by atoms with Crippen LogP contribution in [0.4, 0.5) is 0 Å². The predicted molar refractivity (Wildman–Crippen MR) is 59.4 cm³/mol. The average molecular weight is 218 g/mol. The summed E-state index contributed by atoms with van der Waals surface area (Å²) < 4.78 is 0. The third-order valence-corrected chi connectivity index (χ3v) is 2.90. The number of hydrogen-bond donors (Lipinski definition) is 2. The molecule has 0 bridgehead atoms. The van der Waals surface area contributed by atoms with Crippen LogP contribution in [0.5, 0.6) is 0 Å². The van der Waals surface area contributed by atoms with Crippen LogP contribution in [-0.4, -0.2) is 17.9 Å². The Morgan fingerprint density at radius 1 is 1.38 bits per heavy atom. The zero-order valence-corrected chi connectivity index (χ0v) is 8.85. The Morgan fingerprint density at radius 3 is 2.69 bits per heavy atom. The van der Waals surface area contributed by atoms with Crippen LogP contribution in [0.3, 0.4) is 0 Å². The van der Waals surface area contributed by atoms with Crippen molar-refractivity contribution in [2.45, 2.75) is 18.9 Å². The maximum absolute atomic E-state index is 11.2. The molecule has 1 aliphatic rings. The van der Waals surface area contributed by atoms with Crippen molar-refractivity contribution in [2.24, 2.45) is 11.7 Å². The highest BCUT2D eigenvalue weighted by Crippen LogP contribution is 2.19. The third kappa shape index (κ3) is 2.21. The van der Waals surface area contributed by atoms with Crippen LogP contribution in [0.2, 0.25) is 0 Å². The molecule has 2 amide bonds. The van der Waals surface area contributed by atoms with Crippen LogP contribution in [0.25, 0.3) is 0 Å². The van der Waals surface area contributed by atoms with E-state index in [1.807, 2.05) is 30.3 Å². The van der Waals surface area contributed by atoms with Gasteiger partial charge in [-0.1, -0.05) is 30.3 Å². The van der Waals surface area contributed by atoms with Crippen LogP contribution < -0.4 is 11.1 Å². The van der Waals surface area contributed by atoms with Gasteiger partial charge in [0.1, 0.15) is 0 Å². The molecule has 1 saturated heterocycles. The molecule has 0 spiro atoms. The lowest BCUT2D eigenvalue weighted by atomic mass is 9.94. The highest BCUT2D eigenvalue weighted by Gasteiger charge is 2.35. The summed E-state index contributed by atoms with van der Waals surface area (Å²) >= 11 is 0. The lowest BCUT2D eigenvalue weighted by Crippen LogP contribution is -2.37. The second-order valence-electron chi connectivity index (χ2n) is 4.08. The van der Waals surface area contributed by atoms with E-state index in [1.165, 1.54) is 0 Å². The summed E-state index contributed by atoms with van der Waals surface area (Å²) in [5.74, 6) is -0.878. The van der Waals surface area contributed by atoms with Crippen molar-refractivity contribution in [2.75, 3.05) is 0 Å². The van der Waals surface area contributed by atoms with Gasteiger partial charge in [0, 0.05) is 12.5 Å². The largest absolute Gasteiger partial charge is 0.369 e. The zero-order valence-electron chi connectivity index (χ0n) is 8.85. The maximum Gasteiger partial charge on any atom is 0.223 e. The summed E-state index contributed by atoms with van der Waals surface area (Å²) in [6, 6.07) is 9.59. The normalized spacial score (nSPS) is 24.1. The Bertz CT molecular complexity index is 403. The minimum Gasteiger partial charge on any atom is -0.369 e. The maximum atomic E-state index is 11.2. The van der Waals surface area contributed by atoms with Gasteiger partial charge in [-0.2, -0.15) is 0 Å². The Kier molecular flexibility index (Phi) is 2.90. The van der Waals surface area contributed by atoms with Gasteiger partial charge in [-0.3, -0.25) is 9.59 Å². The molecule has 1 aromatic carbocycles. The van der Waals surface area contributed by atoms with Crippen LogP contribution in [0.1, 0.15) is 12.0 Å². The number of hydrogen-bond acceptors (Lipinski definition) is 2. The van der Waals surface area contributed by atoms with Gasteiger partial charge >= 0.3 is 0 Å². The Morgan fingerprint density at radius 2 is 2.06 bits per heavy atom. The minimum absolute atomic E-state index is 0.0928. The topological polar surface area (TPSA) is 72.2 Å². The van der Waals surface area contributed by atoms with Crippen molar-refractivity contribution in [3.8, 4) is 0 Å². The smallest absolute Gasteiger partial charge is 0.223 e. The fourth-order valence-corrected chi connectivity index (χ4v) is 2.07. The van der Waals surface area contributed by atoms with Gasteiger partial charge in [0.15, 0.2) is 0 Å². The first-order valence-electron chi connectivity index (χ1n) is 5.29. The van der Waals surface area contributed by atoms with Gasteiger partial charge in [-0.15, -0.1) is 0 Å². The van der Waals surface area contributed by atoms with E-state index in [9.17, 15) is 9.59 Å². The molecule has 2 unspecified atom stereocenters. The Balaban J connectivity index is 2.09. The highest BCUT2D eigenvalue weighted by atomic mass is 16.2. The fraction of sp³-hybridized carbons (Fsp3) is 0.333. The van der Waals surface area contributed by atoms with Crippen LogP contribution in [0.15, 0.2) is 30.3 Å². The average Bonchev–Trinajstić information content (AvgIpc) is 2.61. The number of amides is 2. The molecular weight excluding hydrogens is 204 g/mol. The molecule has 16 heavy (non-hydrogen) atoms. The van der Waals surface area contributed by atoms with Gasteiger partial charge < -0.3 is 11.1 Å². The van der Waals surface area contributed by atoms with Crippen molar-refractivity contribution >= 4 is 11.8 Å². The highest BCUT2D eigenvalue weighted by molar-refractivity contribution is 5.89. The summed E-state index contributed by atoms with van der Waals surface area (Å²) in [5.41, 5.74) is 6.37. The molecule has 0 saturated carbocycles. The zero-order chi connectivity index (χ0) is 11.5. The van der Waals surface area contributed by atoms with Gasteiger partial charge in [0.2, 0.25) is 11.8 Å². The summed E-state index contributed by atoms with van der Waals surface area (Å²) in [6.07, 6.45) is 0.868. The molecule has 2 atom stereocenters. The van der Waals surface area contributed by atoms with Gasteiger partial charge in [0.05, 0.1) is 5.92 Å². The monoisotopic (exact) mass is 218 g/mol. The molecule has 1 fully saturated rings. The van der Waals surface area contributed by atoms with E-state index in [2.05, 4.69) is 5.32 Å². The van der Waals surface area contributed by atoms with Crippen molar-refractivity contribution < 1.29 is 9.59 Å². The molecule has 2 rings (SSSR count). The number of carbonyl (C=O) groups excluding carboxylic acids is 2. The quantitative estimate of drug-likeness (QED) is 0.761. The number of rotatable bonds is 3. The van der Waals surface area contributed by atoms with Gasteiger partial charge in [-0.25, -0.2) is 0 Å². The molecule has 0 radical (unpaired) electrons. The molecule has 3 N–H and O–H groups in total. The molecule has 1 aromatic rings. The first-order chi connectivity index (χ1) is 7.66. The summed E-state index contributed by atoms with van der Waals surface area (Å²) in [4.78, 5) is 22.4. The third-order valence-electron chi connectivity index (χ3n) is 2.90. The summed E-state index contributed by atoms with van der Waals surface area (Å²) in [7, 11) is 0. The molecule has 1 aliphatic heterocycles. The molecule has 0 aromatic heterocycles. The Hall–Kier alpha value is -1.84. The van der Waals surface area contributed by atoms with E-state index in [-0.39, 0.29) is 24.3 Å². The number of benzene rings is 1. The van der Waals surface area contributed by atoms with Crippen molar-refractivity contribution in [3.05, 3.63) is 35.9 Å². The lowest BCUT2D eigenvalue weighted by molar-refractivity contribution is -0.124.